The molecule has 8 nitrogen and oxygen atoms in total. The molecular weight excluding hydrogens is 439 g/mol. The molecule has 1 aliphatic rings. The minimum Gasteiger partial charge on any atom is -0.445 e. The van der Waals surface area contributed by atoms with Crippen LogP contribution in [0.15, 0.2) is 48.7 Å². The van der Waals surface area contributed by atoms with Gasteiger partial charge in [-0.3, -0.25) is 4.79 Å². The predicted molar refractivity (Wildman–Crippen MR) is 111 cm³/mol. The topological polar surface area (TPSA) is 97.6 Å². The summed E-state index contributed by atoms with van der Waals surface area (Å²) >= 11 is 0. The molecular formula is C22H22F3N5O3. The lowest BCUT2D eigenvalue weighted by Gasteiger charge is -2.30. The Kier molecular flexibility index (Phi) is 6.47. The van der Waals surface area contributed by atoms with E-state index in [1.807, 2.05) is 30.3 Å². The summed E-state index contributed by atoms with van der Waals surface area (Å²) in [6, 6.07) is 12.6. The number of amides is 2. The third-order valence-corrected chi connectivity index (χ3v) is 5.43. The van der Waals surface area contributed by atoms with Crippen LogP contribution in [0.25, 0.3) is 5.65 Å². The van der Waals surface area contributed by atoms with Gasteiger partial charge in [0.05, 0.1) is 30.0 Å². The first-order valence-electron chi connectivity index (χ1n) is 10.4. The van der Waals surface area contributed by atoms with Crippen molar-refractivity contribution in [1.29, 1.82) is 0 Å². The smallest absolute Gasteiger partial charge is 0.407 e. The van der Waals surface area contributed by atoms with Gasteiger partial charge < -0.3 is 15.4 Å². The van der Waals surface area contributed by atoms with E-state index in [0.29, 0.717) is 17.0 Å². The van der Waals surface area contributed by atoms with E-state index in [1.165, 1.54) is 4.52 Å². The molecule has 2 amide bonds. The Morgan fingerprint density at radius 2 is 1.97 bits per heavy atom. The second kappa shape index (κ2) is 9.47. The average molecular weight is 461 g/mol. The van der Waals surface area contributed by atoms with Gasteiger partial charge in [-0.1, -0.05) is 30.3 Å². The van der Waals surface area contributed by atoms with Crippen LogP contribution in [0.2, 0.25) is 0 Å². The van der Waals surface area contributed by atoms with Crippen LogP contribution in [-0.4, -0.2) is 39.3 Å². The zero-order valence-electron chi connectivity index (χ0n) is 17.5. The van der Waals surface area contributed by atoms with Crippen LogP contribution in [0.1, 0.15) is 23.4 Å². The van der Waals surface area contributed by atoms with Gasteiger partial charge in [0, 0.05) is 18.9 Å². The molecule has 1 aromatic carbocycles. The summed E-state index contributed by atoms with van der Waals surface area (Å²) in [7, 11) is 0. The van der Waals surface area contributed by atoms with Gasteiger partial charge in [-0.25, -0.2) is 14.3 Å². The van der Waals surface area contributed by atoms with E-state index >= 15 is 0 Å². The summed E-state index contributed by atoms with van der Waals surface area (Å²) in [6.45, 7) is -0.131. The lowest BCUT2D eigenvalue weighted by Crippen LogP contribution is -2.47. The fourth-order valence-electron chi connectivity index (χ4n) is 3.68. The number of imidazole rings is 1. The quantitative estimate of drug-likeness (QED) is 0.588. The molecule has 0 bridgehead atoms. The molecule has 1 aliphatic heterocycles. The number of hydrogen-bond donors (Lipinski definition) is 2. The number of ether oxygens (including phenoxy) is 1. The molecule has 11 heteroatoms. The molecule has 2 atom stereocenters. The molecule has 1 unspecified atom stereocenters. The van der Waals surface area contributed by atoms with Gasteiger partial charge in [-0.2, -0.15) is 18.3 Å². The van der Waals surface area contributed by atoms with Crippen LogP contribution >= 0.6 is 0 Å². The standard InChI is InChI=1S/C22H22F3N5O3/c23-22(24,25)16-8-15(20(31)26-10-16)9-17-6-7-19-28-18(12-30(19)29-17)11-27-21(32)33-13-14-4-2-1-3-5-14/h1-7,12,15-16H,8-11,13H2,(H,26,31)(H,27,32)/t15?,16-/m1/s1. The highest BCUT2D eigenvalue weighted by Gasteiger charge is 2.44. The largest absolute Gasteiger partial charge is 0.445 e. The van der Waals surface area contributed by atoms with Crippen molar-refractivity contribution in [2.24, 2.45) is 11.8 Å². The molecule has 0 radical (unpaired) electrons. The summed E-state index contributed by atoms with van der Waals surface area (Å²) in [4.78, 5) is 28.3. The van der Waals surface area contributed by atoms with E-state index in [4.69, 9.17) is 4.74 Å². The Bertz CT molecular complexity index is 1130. The fourth-order valence-corrected chi connectivity index (χ4v) is 3.68. The molecule has 1 saturated heterocycles. The highest BCUT2D eigenvalue weighted by atomic mass is 19.4. The molecule has 4 rings (SSSR count). The zero-order chi connectivity index (χ0) is 23.4. The molecule has 1 fully saturated rings. The number of carbonyl (C=O) groups is 2. The molecule has 33 heavy (non-hydrogen) atoms. The number of alkyl carbamates (subject to hydrolysis) is 1. The lowest BCUT2D eigenvalue weighted by atomic mass is 9.86. The SMILES string of the molecule is O=C(NCc1cn2nc(CC3C[C@@H](C(F)(F)F)CNC3=O)ccc2n1)OCc1ccccc1. The van der Waals surface area contributed by atoms with Crippen LogP contribution in [0.3, 0.4) is 0 Å². The molecule has 2 N–H and O–H groups in total. The van der Waals surface area contributed by atoms with Gasteiger partial charge in [0.25, 0.3) is 0 Å². The van der Waals surface area contributed by atoms with Crippen molar-refractivity contribution in [3.63, 3.8) is 0 Å². The van der Waals surface area contributed by atoms with E-state index in [0.717, 1.165) is 5.56 Å². The van der Waals surface area contributed by atoms with Gasteiger partial charge in [0.1, 0.15) is 6.61 Å². The summed E-state index contributed by atoms with van der Waals surface area (Å²) in [5, 5.41) is 9.32. The number of nitrogens with one attached hydrogen (secondary N) is 2. The van der Waals surface area contributed by atoms with Gasteiger partial charge in [-0.05, 0) is 24.1 Å². The van der Waals surface area contributed by atoms with E-state index in [1.54, 1.807) is 18.3 Å². The Labute approximate surface area is 187 Å². The number of benzene rings is 1. The second-order valence-electron chi connectivity index (χ2n) is 7.90. The van der Waals surface area contributed by atoms with Gasteiger partial charge in [0.2, 0.25) is 5.91 Å². The van der Waals surface area contributed by atoms with Crippen molar-refractivity contribution < 1.29 is 27.5 Å². The first kappa shape index (κ1) is 22.6. The van der Waals surface area contributed by atoms with Crippen molar-refractivity contribution in [1.82, 2.24) is 25.2 Å². The zero-order valence-corrected chi connectivity index (χ0v) is 17.5. The first-order chi connectivity index (χ1) is 15.8. The summed E-state index contributed by atoms with van der Waals surface area (Å²) < 4.78 is 45.7. The van der Waals surface area contributed by atoms with Crippen LogP contribution in [0.5, 0.6) is 0 Å². The maximum Gasteiger partial charge on any atom is 0.407 e. The third-order valence-electron chi connectivity index (χ3n) is 5.43. The summed E-state index contributed by atoms with van der Waals surface area (Å²) in [5.41, 5.74) is 2.38. The number of aromatic nitrogens is 3. The number of rotatable bonds is 6. The summed E-state index contributed by atoms with van der Waals surface area (Å²) in [6.07, 6.45) is -3.51. The average Bonchev–Trinajstić information content (AvgIpc) is 3.20. The minimum atomic E-state index is -4.35. The van der Waals surface area contributed by atoms with E-state index in [2.05, 4.69) is 20.7 Å². The van der Waals surface area contributed by atoms with Crippen molar-refractivity contribution in [3.05, 3.63) is 65.6 Å². The minimum absolute atomic E-state index is 0.0892. The number of nitrogens with zero attached hydrogens (tertiary/aromatic N) is 3. The van der Waals surface area contributed by atoms with Crippen LogP contribution < -0.4 is 10.6 Å². The lowest BCUT2D eigenvalue weighted by molar-refractivity contribution is -0.183. The Balaban J connectivity index is 1.34. The normalized spacial score (nSPS) is 18.7. The molecule has 3 heterocycles. The number of carbonyl (C=O) groups excluding carboxylic acids is 2. The van der Waals surface area contributed by atoms with Gasteiger partial charge >= 0.3 is 12.3 Å². The van der Waals surface area contributed by atoms with E-state index in [9.17, 15) is 22.8 Å². The maximum atomic E-state index is 13.0. The highest BCUT2D eigenvalue weighted by molar-refractivity contribution is 5.79. The van der Waals surface area contributed by atoms with Crippen molar-refractivity contribution >= 4 is 17.6 Å². The maximum absolute atomic E-state index is 13.0. The Hall–Kier alpha value is -3.63. The monoisotopic (exact) mass is 461 g/mol. The third kappa shape index (κ3) is 5.79. The molecule has 174 valence electrons. The summed E-state index contributed by atoms with van der Waals surface area (Å²) in [5.74, 6) is -2.77. The van der Waals surface area contributed by atoms with Crippen LogP contribution in [0.4, 0.5) is 18.0 Å². The Morgan fingerprint density at radius 1 is 1.18 bits per heavy atom. The van der Waals surface area contributed by atoms with Gasteiger partial charge in [0.15, 0.2) is 5.65 Å². The second-order valence-corrected chi connectivity index (χ2v) is 7.90. The fraction of sp³-hybridized carbons (Fsp3) is 0.364. The molecule has 3 aromatic rings. The highest BCUT2D eigenvalue weighted by Crippen LogP contribution is 2.34. The van der Waals surface area contributed by atoms with Crippen molar-refractivity contribution in [2.75, 3.05) is 6.54 Å². The molecule has 0 spiro atoms. The molecule has 2 aromatic heterocycles. The number of alkyl halides is 3. The van der Waals surface area contributed by atoms with Crippen molar-refractivity contribution in [2.45, 2.75) is 32.2 Å². The number of piperidine rings is 1. The van der Waals surface area contributed by atoms with Crippen LogP contribution in [0, 0.1) is 11.8 Å². The number of hydrogen-bond acceptors (Lipinski definition) is 5. The number of fused-ring (bicyclic) bond motifs is 1. The molecule has 0 aliphatic carbocycles. The van der Waals surface area contributed by atoms with Crippen LogP contribution in [-0.2, 0) is 29.1 Å². The van der Waals surface area contributed by atoms with Gasteiger partial charge in [-0.15, -0.1) is 0 Å². The van der Waals surface area contributed by atoms with E-state index in [-0.39, 0.29) is 26.0 Å². The number of halogens is 3. The molecule has 0 saturated carbocycles. The van der Waals surface area contributed by atoms with E-state index < -0.39 is 36.6 Å². The first-order valence-corrected chi connectivity index (χ1v) is 10.4. The van der Waals surface area contributed by atoms with Crippen molar-refractivity contribution in [3.8, 4) is 0 Å². The predicted octanol–water partition coefficient (Wildman–Crippen LogP) is 3.01. The Morgan fingerprint density at radius 3 is 2.73 bits per heavy atom.